The van der Waals surface area contributed by atoms with Gasteiger partial charge in [0, 0.05) is 38.1 Å². The lowest BCUT2D eigenvalue weighted by Gasteiger charge is -2.27. The zero-order valence-electron chi connectivity index (χ0n) is 19.7. The number of anilines is 2. The molecule has 2 aromatic carbocycles. The lowest BCUT2D eigenvalue weighted by Crippen LogP contribution is -2.36. The zero-order valence-corrected chi connectivity index (χ0v) is 19.7. The summed E-state index contributed by atoms with van der Waals surface area (Å²) in [5.41, 5.74) is 4.68. The molecule has 1 aromatic heterocycles. The molecule has 0 aliphatic heterocycles. The van der Waals surface area contributed by atoms with E-state index in [4.69, 9.17) is 4.74 Å². The van der Waals surface area contributed by atoms with Gasteiger partial charge in [0.1, 0.15) is 24.3 Å². The van der Waals surface area contributed by atoms with Crippen LogP contribution in [0.3, 0.4) is 0 Å². The van der Waals surface area contributed by atoms with Gasteiger partial charge in [-0.15, -0.1) is 0 Å². The Hall–Kier alpha value is -3.05. The number of rotatable bonds is 11. The molecule has 1 heterocycles. The molecule has 0 aliphatic carbocycles. The van der Waals surface area contributed by atoms with E-state index < -0.39 is 6.10 Å². The first kappa shape index (κ1) is 23.6. The number of ether oxygens (including phenoxy) is 1. The normalized spacial score (nSPS) is 11.8. The van der Waals surface area contributed by atoms with Crippen LogP contribution in [0.25, 0.3) is 0 Å². The molecule has 1 unspecified atom stereocenters. The molecule has 0 spiro atoms. The highest BCUT2D eigenvalue weighted by molar-refractivity contribution is 5.48. The standard InChI is InChI=1S/C27H35N3O2/c1-5-29(6-2)24-13-11-23(12-14-24)18-30(27-9-7-8-16-28-27)19-25(31)20-32-26-15-10-21(3)17-22(26)4/h7-17,25,31H,5-6,18-20H2,1-4H3. The van der Waals surface area contributed by atoms with Gasteiger partial charge in [-0.25, -0.2) is 4.98 Å². The predicted octanol–water partition coefficient (Wildman–Crippen LogP) is 4.99. The number of aryl methyl sites for hydroxylation is 2. The third-order valence-electron chi connectivity index (χ3n) is 5.60. The summed E-state index contributed by atoms with van der Waals surface area (Å²) in [6, 6.07) is 20.6. The van der Waals surface area contributed by atoms with Gasteiger partial charge in [0.15, 0.2) is 0 Å². The van der Waals surface area contributed by atoms with E-state index in [0.717, 1.165) is 30.2 Å². The van der Waals surface area contributed by atoms with Crippen molar-refractivity contribution >= 4 is 11.5 Å². The molecule has 3 rings (SSSR count). The van der Waals surface area contributed by atoms with Crippen LogP contribution >= 0.6 is 0 Å². The van der Waals surface area contributed by atoms with Crippen molar-refractivity contribution in [3.8, 4) is 5.75 Å². The first-order chi connectivity index (χ1) is 15.5. The molecule has 170 valence electrons. The summed E-state index contributed by atoms with van der Waals surface area (Å²) in [7, 11) is 0. The van der Waals surface area contributed by atoms with Crippen molar-refractivity contribution in [3.05, 3.63) is 83.6 Å². The van der Waals surface area contributed by atoms with Gasteiger partial charge in [0.2, 0.25) is 0 Å². The highest BCUT2D eigenvalue weighted by Gasteiger charge is 2.16. The van der Waals surface area contributed by atoms with E-state index in [9.17, 15) is 5.11 Å². The third-order valence-corrected chi connectivity index (χ3v) is 5.60. The summed E-state index contributed by atoms with van der Waals surface area (Å²) in [5.74, 6) is 1.65. The van der Waals surface area contributed by atoms with E-state index in [1.807, 2.05) is 37.3 Å². The molecular weight excluding hydrogens is 398 g/mol. The number of pyridine rings is 1. The lowest BCUT2D eigenvalue weighted by atomic mass is 10.1. The summed E-state index contributed by atoms with van der Waals surface area (Å²) in [6.45, 7) is 11.7. The Labute approximate surface area is 192 Å². The first-order valence-electron chi connectivity index (χ1n) is 11.4. The number of hydrogen-bond donors (Lipinski definition) is 1. The maximum atomic E-state index is 10.7. The van der Waals surface area contributed by atoms with Gasteiger partial charge in [0.05, 0.1) is 0 Å². The fourth-order valence-corrected chi connectivity index (χ4v) is 3.86. The van der Waals surface area contributed by atoms with Crippen LogP contribution in [0.4, 0.5) is 11.5 Å². The van der Waals surface area contributed by atoms with Gasteiger partial charge < -0.3 is 19.6 Å². The van der Waals surface area contributed by atoms with Crippen LogP contribution in [0.15, 0.2) is 66.9 Å². The second-order valence-electron chi connectivity index (χ2n) is 8.14. The predicted molar refractivity (Wildman–Crippen MR) is 133 cm³/mol. The fraction of sp³-hybridized carbons (Fsp3) is 0.370. The number of benzene rings is 2. The molecule has 32 heavy (non-hydrogen) atoms. The van der Waals surface area contributed by atoms with Crippen molar-refractivity contribution in [3.63, 3.8) is 0 Å². The highest BCUT2D eigenvalue weighted by Crippen LogP contribution is 2.21. The second-order valence-corrected chi connectivity index (χ2v) is 8.14. The molecule has 0 fully saturated rings. The van der Waals surface area contributed by atoms with Crippen LogP contribution in [0.2, 0.25) is 0 Å². The number of aromatic nitrogens is 1. The van der Waals surface area contributed by atoms with E-state index in [0.29, 0.717) is 13.1 Å². The van der Waals surface area contributed by atoms with Crippen LogP contribution in [0.5, 0.6) is 5.75 Å². The van der Waals surface area contributed by atoms with E-state index in [1.165, 1.54) is 16.8 Å². The van der Waals surface area contributed by atoms with E-state index in [1.54, 1.807) is 6.20 Å². The summed E-state index contributed by atoms with van der Waals surface area (Å²) < 4.78 is 5.90. The SMILES string of the molecule is CCN(CC)c1ccc(CN(CC(O)COc2ccc(C)cc2C)c2ccccn2)cc1. The van der Waals surface area contributed by atoms with Gasteiger partial charge in [-0.05, 0) is 69.2 Å². The van der Waals surface area contributed by atoms with Gasteiger partial charge >= 0.3 is 0 Å². The van der Waals surface area contributed by atoms with Crippen molar-refractivity contribution in [2.75, 3.05) is 36.0 Å². The van der Waals surface area contributed by atoms with Crippen molar-refractivity contribution < 1.29 is 9.84 Å². The Balaban J connectivity index is 1.68. The Morgan fingerprint density at radius 2 is 1.69 bits per heavy atom. The summed E-state index contributed by atoms with van der Waals surface area (Å²) >= 11 is 0. The molecule has 0 radical (unpaired) electrons. The van der Waals surface area contributed by atoms with Crippen LogP contribution < -0.4 is 14.5 Å². The first-order valence-corrected chi connectivity index (χ1v) is 11.4. The van der Waals surface area contributed by atoms with Crippen LogP contribution in [0, 0.1) is 13.8 Å². The highest BCUT2D eigenvalue weighted by atomic mass is 16.5. The Morgan fingerprint density at radius 3 is 2.31 bits per heavy atom. The monoisotopic (exact) mass is 433 g/mol. The second kappa shape index (κ2) is 11.5. The van der Waals surface area contributed by atoms with Crippen LogP contribution in [-0.4, -0.2) is 42.4 Å². The van der Waals surface area contributed by atoms with Crippen molar-refractivity contribution in [2.24, 2.45) is 0 Å². The van der Waals surface area contributed by atoms with Crippen LogP contribution in [-0.2, 0) is 6.54 Å². The van der Waals surface area contributed by atoms with Crippen molar-refractivity contribution in [1.82, 2.24) is 4.98 Å². The van der Waals surface area contributed by atoms with Gasteiger partial charge in [0.25, 0.3) is 0 Å². The van der Waals surface area contributed by atoms with Gasteiger partial charge in [-0.3, -0.25) is 0 Å². The molecule has 1 atom stereocenters. The molecule has 3 aromatic rings. The molecule has 0 bridgehead atoms. The molecule has 5 nitrogen and oxygen atoms in total. The minimum absolute atomic E-state index is 0.230. The smallest absolute Gasteiger partial charge is 0.128 e. The van der Waals surface area contributed by atoms with E-state index >= 15 is 0 Å². The minimum Gasteiger partial charge on any atom is -0.491 e. The molecule has 0 saturated carbocycles. The number of aliphatic hydroxyl groups excluding tert-OH is 1. The third kappa shape index (κ3) is 6.47. The summed E-state index contributed by atoms with van der Waals surface area (Å²) in [6.07, 6.45) is 1.14. The van der Waals surface area contributed by atoms with E-state index in [2.05, 4.69) is 65.9 Å². The maximum absolute atomic E-state index is 10.7. The minimum atomic E-state index is -0.646. The van der Waals surface area contributed by atoms with Crippen molar-refractivity contribution in [2.45, 2.75) is 40.3 Å². The molecule has 1 N–H and O–H groups in total. The largest absolute Gasteiger partial charge is 0.491 e. The topological polar surface area (TPSA) is 48.8 Å². The summed E-state index contributed by atoms with van der Waals surface area (Å²) in [5, 5.41) is 10.7. The Kier molecular flexibility index (Phi) is 8.51. The Bertz CT molecular complexity index is 956. The Morgan fingerprint density at radius 1 is 0.938 bits per heavy atom. The molecule has 0 saturated heterocycles. The summed E-state index contributed by atoms with van der Waals surface area (Å²) in [4.78, 5) is 8.94. The molecule has 5 heteroatoms. The number of hydrogen-bond acceptors (Lipinski definition) is 5. The zero-order chi connectivity index (χ0) is 22.9. The van der Waals surface area contributed by atoms with Crippen molar-refractivity contribution in [1.29, 1.82) is 0 Å². The quantitative estimate of drug-likeness (QED) is 0.462. The maximum Gasteiger partial charge on any atom is 0.128 e. The van der Waals surface area contributed by atoms with E-state index in [-0.39, 0.29) is 6.61 Å². The number of nitrogens with zero attached hydrogens (tertiary/aromatic N) is 3. The molecular formula is C27H35N3O2. The molecule has 0 aliphatic rings. The molecule has 0 amide bonds. The average molecular weight is 434 g/mol. The van der Waals surface area contributed by atoms with Gasteiger partial charge in [-0.2, -0.15) is 0 Å². The average Bonchev–Trinajstić information content (AvgIpc) is 2.80. The fourth-order valence-electron chi connectivity index (χ4n) is 3.86. The van der Waals surface area contributed by atoms with Crippen LogP contribution in [0.1, 0.15) is 30.5 Å². The van der Waals surface area contributed by atoms with Gasteiger partial charge in [-0.1, -0.05) is 35.9 Å². The number of aliphatic hydroxyl groups is 1. The lowest BCUT2D eigenvalue weighted by molar-refractivity contribution is 0.111.